The smallest absolute Gasteiger partial charge is 0.317 e. The first-order valence-corrected chi connectivity index (χ1v) is 5.09. The van der Waals surface area contributed by atoms with E-state index in [-0.39, 0.29) is 24.3 Å². The summed E-state index contributed by atoms with van der Waals surface area (Å²) in [4.78, 5) is 10.4. The molecule has 0 aromatic rings. The molecule has 0 radical (unpaired) electrons. The Morgan fingerprint density at radius 2 is 2.20 bits per heavy atom. The zero-order valence-electron chi connectivity index (χ0n) is 9.45. The fourth-order valence-electron chi connectivity index (χ4n) is 1.51. The lowest BCUT2D eigenvalue weighted by Gasteiger charge is -2.27. The van der Waals surface area contributed by atoms with Crippen molar-refractivity contribution in [3.63, 3.8) is 0 Å². The average molecular weight is 217 g/mol. The molecule has 1 saturated heterocycles. The maximum atomic E-state index is 10.4. The fraction of sp³-hybridized carbons (Fsp3) is 0.900. The van der Waals surface area contributed by atoms with Crippen LogP contribution in [-0.4, -0.2) is 48.6 Å². The Morgan fingerprint density at radius 1 is 1.53 bits per heavy atom. The number of carboxylic acids is 1. The standard InChI is InChI=1S/C10H19NO4/c1-10(2,3)15-8-6-14-5-7(8)11-4-9(12)13/h7-8,11H,4-6H2,1-3H3,(H,12,13)/t7-,8-/m0/s1. The van der Waals surface area contributed by atoms with Gasteiger partial charge in [-0.15, -0.1) is 0 Å². The minimum atomic E-state index is -0.864. The first-order valence-electron chi connectivity index (χ1n) is 5.09. The highest BCUT2D eigenvalue weighted by atomic mass is 16.6. The van der Waals surface area contributed by atoms with Gasteiger partial charge in [0, 0.05) is 0 Å². The molecule has 0 unspecified atom stereocenters. The molecule has 0 bridgehead atoms. The molecular formula is C10H19NO4. The number of hydrogen-bond donors (Lipinski definition) is 2. The zero-order chi connectivity index (χ0) is 11.5. The number of ether oxygens (including phenoxy) is 2. The van der Waals surface area contributed by atoms with Gasteiger partial charge in [0.25, 0.3) is 0 Å². The number of hydrogen-bond acceptors (Lipinski definition) is 4. The minimum Gasteiger partial charge on any atom is -0.480 e. The highest BCUT2D eigenvalue weighted by Crippen LogP contribution is 2.17. The molecule has 2 atom stereocenters. The van der Waals surface area contributed by atoms with E-state index < -0.39 is 5.97 Å². The second kappa shape index (κ2) is 4.92. The van der Waals surface area contributed by atoms with Gasteiger partial charge in [0.15, 0.2) is 0 Å². The highest BCUT2D eigenvalue weighted by Gasteiger charge is 2.32. The fourth-order valence-corrected chi connectivity index (χ4v) is 1.51. The van der Waals surface area contributed by atoms with Gasteiger partial charge in [-0.3, -0.25) is 10.1 Å². The van der Waals surface area contributed by atoms with Crippen LogP contribution in [0.25, 0.3) is 0 Å². The van der Waals surface area contributed by atoms with Crippen LogP contribution < -0.4 is 5.32 Å². The van der Waals surface area contributed by atoms with Crippen molar-refractivity contribution in [1.29, 1.82) is 0 Å². The first kappa shape index (κ1) is 12.4. The summed E-state index contributed by atoms with van der Waals surface area (Å²) in [6, 6.07) is -0.0275. The van der Waals surface area contributed by atoms with E-state index in [0.29, 0.717) is 13.2 Å². The van der Waals surface area contributed by atoms with Crippen LogP contribution in [0.3, 0.4) is 0 Å². The summed E-state index contributed by atoms with van der Waals surface area (Å²) < 4.78 is 11.0. The summed E-state index contributed by atoms with van der Waals surface area (Å²) in [5, 5.41) is 11.5. The van der Waals surface area contributed by atoms with Crippen LogP contribution >= 0.6 is 0 Å². The third-order valence-electron chi connectivity index (χ3n) is 2.05. The van der Waals surface area contributed by atoms with Crippen LogP contribution in [0.5, 0.6) is 0 Å². The van der Waals surface area contributed by atoms with Gasteiger partial charge >= 0.3 is 5.97 Å². The van der Waals surface area contributed by atoms with Crippen molar-refractivity contribution in [3.8, 4) is 0 Å². The van der Waals surface area contributed by atoms with Gasteiger partial charge < -0.3 is 14.6 Å². The third-order valence-corrected chi connectivity index (χ3v) is 2.05. The van der Waals surface area contributed by atoms with Gasteiger partial charge in [0.1, 0.15) is 0 Å². The van der Waals surface area contributed by atoms with Crippen molar-refractivity contribution in [2.45, 2.75) is 38.5 Å². The van der Waals surface area contributed by atoms with Crippen LogP contribution in [0.15, 0.2) is 0 Å². The lowest BCUT2D eigenvalue weighted by Crippen LogP contribution is -2.45. The molecule has 0 aliphatic carbocycles. The largest absolute Gasteiger partial charge is 0.480 e. The molecule has 2 N–H and O–H groups in total. The summed E-state index contributed by atoms with van der Waals surface area (Å²) in [6.07, 6.45) is -0.0654. The van der Waals surface area contributed by atoms with E-state index in [1.54, 1.807) is 0 Å². The molecule has 15 heavy (non-hydrogen) atoms. The number of rotatable bonds is 4. The Balaban J connectivity index is 2.39. The van der Waals surface area contributed by atoms with Crippen molar-refractivity contribution in [1.82, 2.24) is 5.32 Å². The molecule has 0 aromatic heterocycles. The molecule has 0 amide bonds. The van der Waals surface area contributed by atoms with Gasteiger partial charge in [-0.25, -0.2) is 0 Å². The Hall–Kier alpha value is -0.650. The molecule has 1 fully saturated rings. The summed E-state index contributed by atoms with van der Waals surface area (Å²) >= 11 is 0. The molecule has 1 aliphatic heterocycles. The van der Waals surface area contributed by atoms with E-state index in [9.17, 15) is 4.79 Å². The molecule has 5 nitrogen and oxygen atoms in total. The van der Waals surface area contributed by atoms with E-state index in [1.807, 2.05) is 20.8 Å². The van der Waals surface area contributed by atoms with Crippen LogP contribution in [0, 0.1) is 0 Å². The predicted molar refractivity (Wildman–Crippen MR) is 54.9 cm³/mol. The van der Waals surface area contributed by atoms with Crippen LogP contribution in [-0.2, 0) is 14.3 Å². The summed E-state index contributed by atoms with van der Waals surface area (Å²) in [6.45, 7) is 6.89. The number of nitrogens with one attached hydrogen (secondary N) is 1. The zero-order valence-corrected chi connectivity index (χ0v) is 9.45. The molecular weight excluding hydrogens is 198 g/mol. The first-order chi connectivity index (χ1) is 6.88. The normalized spacial score (nSPS) is 26.9. The van der Waals surface area contributed by atoms with Gasteiger partial charge in [-0.2, -0.15) is 0 Å². The van der Waals surface area contributed by atoms with Crippen LogP contribution in [0.2, 0.25) is 0 Å². The Morgan fingerprint density at radius 3 is 2.73 bits per heavy atom. The molecule has 88 valence electrons. The quantitative estimate of drug-likeness (QED) is 0.706. The predicted octanol–water partition coefficient (Wildman–Crippen LogP) is 0.243. The molecule has 1 heterocycles. The second-order valence-electron chi connectivity index (χ2n) is 4.69. The van der Waals surface area contributed by atoms with Crippen molar-refractivity contribution in [2.75, 3.05) is 19.8 Å². The topological polar surface area (TPSA) is 67.8 Å². The lowest BCUT2D eigenvalue weighted by molar-refractivity contribution is -0.136. The van der Waals surface area contributed by atoms with E-state index >= 15 is 0 Å². The van der Waals surface area contributed by atoms with E-state index in [4.69, 9.17) is 14.6 Å². The molecule has 0 aromatic carbocycles. The second-order valence-corrected chi connectivity index (χ2v) is 4.69. The van der Waals surface area contributed by atoms with Crippen molar-refractivity contribution >= 4 is 5.97 Å². The Labute approximate surface area is 89.8 Å². The third kappa shape index (κ3) is 4.59. The van der Waals surface area contributed by atoms with Crippen molar-refractivity contribution < 1.29 is 19.4 Å². The van der Waals surface area contributed by atoms with E-state index in [0.717, 1.165) is 0 Å². The summed E-state index contributed by atoms with van der Waals surface area (Å²) in [5.41, 5.74) is -0.235. The summed E-state index contributed by atoms with van der Waals surface area (Å²) in [5.74, 6) is -0.864. The maximum Gasteiger partial charge on any atom is 0.317 e. The molecule has 0 spiro atoms. The number of carbonyl (C=O) groups is 1. The van der Waals surface area contributed by atoms with Gasteiger partial charge in [0.05, 0.1) is 37.5 Å². The minimum absolute atomic E-state index is 0.0275. The van der Waals surface area contributed by atoms with E-state index in [1.165, 1.54) is 0 Å². The molecule has 5 heteroatoms. The Bertz CT molecular complexity index is 224. The van der Waals surface area contributed by atoms with Gasteiger partial charge in [0.2, 0.25) is 0 Å². The van der Waals surface area contributed by atoms with Crippen LogP contribution in [0.4, 0.5) is 0 Å². The van der Waals surface area contributed by atoms with Crippen LogP contribution in [0.1, 0.15) is 20.8 Å². The average Bonchev–Trinajstić information content (AvgIpc) is 2.45. The number of aliphatic carboxylic acids is 1. The van der Waals surface area contributed by atoms with E-state index in [2.05, 4.69) is 5.32 Å². The summed E-state index contributed by atoms with van der Waals surface area (Å²) in [7, 11) is 0. The SMILES string of the molecule is CC(C)(C)O[C@H]1COC[C@@H]1NCC(=O)O. The highest BCUT2D eigenvalue weighted by molar-refractivity contribution is 5.69. The lowest BCUT2D eigenvalue weighted by atomic mass is 10.1. The molecule has 0 saturated carbocycles. The van der Waals surface area contributed by atoms with Crippen molar-refractivity contribution in [2.24, 2.45) is 0 Å². The molecule has 1 aliphatic rings. The Kier molecular flexibility index (Phi) is 4.07. The number of carboxylic acid groups (broad SMARTS) is 1. The maximum absolute atomic E-state index is 10.4. The monoisotopic (exact) mass is 217 g/mol. The van der Waals surface area contributed by atoms with Crippen molar-refractivity contribution in [3.05, 3.63) is 0 Å². The van der Waals surface area contributed by atoms with Gasteiger partial charge in [-0.1, -0.05) is 0 Å². The molecule has 1 rings (SSSR count). The van der Waals surface area contributed by atoms with Gasteiger partial charge in [-0.05, 0) is 20.8 Å².